The molecular formula is C23H22N4O2S. The van der Waals surface area contributed by atoms with Crippen LogP contribution in [0.15, 0.2) is 59.8 Å². The molecule has 30 heavy (non-hydrogen) atoms. The molecule has 2 heterocycles. The second-order valence-corrected chi connectivity index (χ2v) is 7.84. The van der Waals surface area contributed by atoms with Gasteiger partial charge in [-0.25, -0.2) is 4.98 Å². The molecule has 0 bridgehead atoms. The summed E-state index contributed by atoms with van der Waals surface area (Å²) >= 11 is 1.32. The molecule has 0 saturated carbocycles. The largest absolute Gasteiger partial charge is 0.465 e. The van der Waals surface area contributed by atoms with E-state index in [0.29, 0.717) is 11.8 Å². The number of pyridine rings is 1. The highest BCUT2D eigenvalue weighted by atomic mass is 32.2. The van der Waals surface area contributed by atoms with Gasteiger partial charge in [0.15, 0.2) is 11.0 Å². The molecule has 0 aliphatic heterocycles. The number of thioether (sulfide) groups is 1. The molecule has 0 aliphatic carbocycles. The van der Waals surface area contributed by atoms with Crippen molar-refractivity contribution in [1.82, 2.24) is 19.7 Å². The lowest BCUT2D eigenvalue weighted by molar-refractivity contribution is -0.139. The summed E-state index contributed by atoms with van der Waals surface area (Å²) in [4.78, 5) is 16.5. The van der Waals surface area contributed by atoms with Crippen molar-refractivity contribution in [1.29, 1.82) is 0 Å². The number of fused-ring (bicyclic) bond motifs is 1. The number of rotatable bonds is 6. The van der Waals surface area contributed by atoms with E-state index in [2.05, 4.69) is 47.5 Å². The summed E-state index contributed by atoms with van der Waals surface area (Å²) in [5, 5.41) is 10.4. The Labute approximate surface area is 179 Å². The van der Waals surface area contributed by atoms with Crippen LogP contribution in [0.25, 0.3) is 33.5 Å². The van der Waals surface area contributed by atoms with Crippen LogP contribution < -0.4 is 0 Å². The predicted molar refractivity (Wildman–Crippen MR) is 119 cm³/mol. The van der Waals surface area contributed by atoms with Crippen molar-refractivity contribution in [3.05, 3.63) is 60.2 Å². The van der Waals surface area contributed by atoms with E-state index in [0.717, 1.165) is 33.5 Å². The fourth-order valence-electron chi connectivity index (χ4n) is 3.23. The van der Waals surface area contributed by atoms with Gasteiger partial charge < -0.3 is 9.30 Å². The van der Waals surface area contributed by atoms with Gasteiger partial charge in [0, 0.05) is 23.6 Å². The Balaban J connectivity index is 1.77. The van der Waals surface area contributed by atoms with Crippen molar-refractivity contribution >= 4 is 28.6 Å². The molecule has 7 heteroatoms. The summed E-state index contributed by atoms with van der Waals surface area (Å²) < 4.78 is 6.91. The van der Waals surface area contributed by atoms with Crippen molar-refractivity contribution < 1.29 is 9.53 Å². The third-order valence-electron chi connectivity index (χ3n) is 4.76. The number of hydrogen-bond donors (Lipinski definition) is 0. The average molecular weight is 419 g/mol. The van der Waals surface area contributed by atoms with Gasteiger partial charge in [-0.1, -0.05) is 59.8 Å². The molecule has 4 aromatic rings. The fraction of sp³-hybridized carbons (Fsp3) is 0.217. The lowest BCUT2D eigenvalue weighted by Gasteiger charge is -2.10. The third-order valence-corrected chi connectivity index (χ3v) is 5.76. The summed E-state index contributed by atoms with van der Waals surface area (Å²) in [6.45, 7) is 4.23. The first kappa shape index (κ1) is 20.1. The first-order valence-electron chi connectivity index (χ1n) is 9.72. The predicted octanol–water partition coefficient (Wildman–Crippen LogP) is 4.66. The molecule has 0 spiro atoms. The molecule has 0 unspecified atom stereocenters. The van der Waals surface area contributed by atoms with Crippen LogP contribution in [-0.2, 0) is 16.6 Å². The summed E-state index contributed by atoms with van der Waals surface area (Å²) in [5.41, 5.74) is 4.99. The SMILES string of the molecule is CCOC(=O)CSc1nnc(-c2cc(-c3ccc(C)cc3)nc3ccccc23)n1C. The van der Waals surface area contributed by atoms with Gasteiger partial charge >= 0.3 is 5.97 Å². The number of carbonyl (C=O) groups is 1. The van der Waals surface area contributed by atoms with Gasteiger partial charge in [0.25, 0.3) is 0 Å². The minimum Gasteiger partial charge on any atom is -0.465 e. The quantitative estimate of drug-likeness (QED) is 0.335. The first-order chi connectivity index (χ1) is 14.6. The lowest BCUT2D eigenvalue weighted by Crippen LogP contribution is -2.07. The molecule has 0 amide bonds. The van der Waals surface area contributed by atoms with E-state index in [1.54, 1.807) is 6.92 Å². The Morgan fingerprint density at radius 1 is 1.10 bits per heavy atom. The van der Waals surface area contributed by atoms with Crippen molar-refractivity contribution in [2.75, 3.05) is 12.4 Å². The van der Waals surface area contributed by atoms with Crippen LogP contribution >= 0.6 is 11.8 Å². The number of aromatic nitrogens is 4. The van der Waals surface area contributed by atoms with Gasteiger partial charge in [-0.2, -0.15) is 0 Å². The van der Waals surface area contributed by atoms with Crippen molar-refractivity contribution in [2.24, 2.45) is 7.05 Å². The molecule has 2 aromatic carbocycles. The Hall–Kier alpha value is -3.19. The zero-order valence-electron chi connectivity index (χ0n) is 17.1. The maximum Gasteiger partial charge on any atom is 0.316 e. The van der Waals surface area contributed by atoms with E-state index in [1.165, 1.54) is 17.3 Å². The zero-order valence-corrected chi connectivity index (χ0v) is 17.9. The molecule has 0 radical (unpaired) electrons. The first-order valence-corrected chi connectivity index (χ1v) is 10.7. The molecular weight excluding hydrogens is 396 g/mol. The fourth-order valence-corrected chi connectivity index (χ4v) is 3.94. The summed E-state index contributed by atoms with van der Waals surface area (Å²) in [6, 6.07) is 18.4. The highest BCUT2D eigenvalue weighted by Gasteiger charge is 2.17. The van der Waals surface area contributed by atoms with E-state index in [1.807, 2.05) is 35.9 Å². The van der Waals surface area contributed by atoms with Gasteiger partial charge in [0.05, 0.1) is 23.6 Å². The Bertz CT molecular complexity index is 1200. The van der Waals surface area contributed by atoms with Crippen LogP contribution in [0.5, 0.6) is 0 Å². The number of para-hydroxylation sites is 1. The highest BCUT2D eigenvalue weighted by Crippen LogP contribution is 2.32. The second kappa shape index (κ2) is 8.67. The molecule has 0 N–H and O–H groups in total. The van der Waals surface area contributed by atoms with Crippen LogP contribution in [-0.4, -0.2) is 38.1 Å². The Morgan fingerprint density at radius 3 is 2.63 bits per heavy atom. The van der Waals surface area contributed by atoms with Gasteiger partial charge in [0.1, 0.15) is 0 Å². The molecule has 152 valence electrons. The zero-order chi connectivity index (χ0) is 21.1. The Kier molecular flexibility index (Phi) is 5.81. The van der Waals surface area contributed by atoms with Crippen molar-refractivity contribution in [3.8, 4) is 22.6 Å². The van der Waals surface area contributed by atoms with E-state index < -0.39 is 0 Å². The van der Waals surface area contributed by atoms with Crippen LogP contribution in [0.1, 0.15) is 12.5 Å². The molecule has 0 atom stereocenters. The minimum atomic E-state index is -0.261. The van der Waals surface area contributed by atoms with E-state index >= 15 is 0 Å². The number of hydrogen-bond acceptors (Lipinski definition) is 6. The number of aryl methyl sites for hydroxylation is 1. The number of ether oxygens (including phenoxy) is 1. The van der Waals surface area contributed by atoms with Crippen LogP contribution in [0.4, 0.5) is 0 Å². The van der Waals surface area contributed by atoms with E-state index in [4.69, 9.17) is 9.72 Å². The number of carbonyl (C=O) groups excluding carboxylic acids is 1. The number of benzene rings is 2. The number of nitrogens with zero attached hydrogens (tertiary/aromatic N) is 4. The van der Waals surface area contributed by atoms with Gasteiger partial charge in [-0.3, -0.25) is 4.79 Å². The summed E-state index contributed by atoms with van der Waals surface area (Å²) in [7, 11) is 1.91. The standard InChI is InChI=1S/C23H22N4O2S/c1-4-29-21(28)14-30-23-26-25-22(27(23)3)18-13-20(16-11-9-15(2)10-12-16)24-19-8-6-5-7-17(18)19/h5-13H,4,14H2,1-3H3. The molecule has 0 fully saturated rings. The number of esters is 1. The maximum atomic E-state index is 11.7. The van der Waals surface area contributed by atoms with Crippen molar-refractivity contribution in [2.45, 2.75) is 19.0 Å². The molecule has 0 aliphatic rings. The van der Waals surface area contributed by atoms with Crippen LogP contribution in [0.3, 0.4) is 0 Å². The van der Waals surface area contributed by atoms with Gasteiger partial charge in [0.2, 0.25) is 0 Å². The lowest BCUT2D eigenvalue weighted by atomic mass is 10.0. The van der Waals surface area contributed by atoms with E-state index in [9.17, 15) is 4.79 Å². The average Bonchev–Trinajstić information content (AvgIpc) is 3.12. The third kappa shape index (κ3) is 4.07. The van der Waals surface area contributed by atoms with Gasteiger partial charge in [-0.15, -0.1) is 10.2 Å². The smallest absolute Gasteiger partial charge is 0.316 e. The summed E-state index contributed by atoms with van der Waals surface area (Å²) in [6.07, 6.45) is 0. The minimum absolute atomic E-state index is 0.200. The summed E-state index contributed by atoms with van der Waals surface area (Å²) in [5.74, 6) is 0.669. The molecule has 2 aromatic heterocycles. The second-order valence-electron chi connectivity index (χ2n) is 6.90. The topological polar surface area (TPSA) is 69.9 Å². The molecule has 0 saturated heterocycles. The van der Waals surface area contributed by atoms with Gasteiger partial charge in [-0.05, 0) is 26.0 Å². The normalized spacial score (nSPS) is 11.0. The molecule has 6 nitrogen and oxygen atoms in total. The molecule has 4 rings (SSSR count). The monoisotopic (exact) mass is 418 g/mol. The van der Waals surface area contributed by atoms with Crippen molar-refractivity contribution in [3.63, 3.8) is 0 Å². The van der Waals surface area contributed by atoms with Crippen LogP contribution in [0.2, 0.25) is 0 Å². The van der Waals surface area contributed by atoms with E-state index in [-0.39, 0.29) is 11.7 Å². The van der Waals surface area contributed by atoms with Crippen LogP contribution in [0, 0.1) is 6.92 Å². The maximum absolute atomic E-state index is 11.7. The Morgan fingerprint density at radius 2 is 1.87 bits per heavy atom. The highest BCUT2D eigenvalue weighted by molar-refractivity contribution is 7.99.